The van der Waals surface area contributed by atoms with Crippen molar-refractivity contribution in [2.24, 2.45) is 0 Å². The molecule has 0 aromatic heterocycles. The molecule has 0 spiro atoms. The molecule has 0 N–H and O–H groups in total. The number of hydrogen-bond acceptors (Lipinski definition) is 1. The first-order chi connectivity index (χ1) is 8.41. The van der Waals surface area contributed by atoms with Gasteiger partial charge in [-0.3, -0.25) is 0 Å². The van der Waals surface area contributed by atoms with Gasteiger partial charge < -0.3 is 4.74 Å². The summed E-state index contributed by atoms with van der Waals surface area (Å²) in [4.78, 5) is 0. The van der Waals surface area contributed by atoms with E-state index in [9.17, 15) is 0 Å². The molecular formula is C16H32O. The fourth-order valence-electron chi connectivity index (χ4n) is 2.09. The average Bonchev–Trinajstić information content (AvgIpc) is 2.35. The largest absolute Gasteiger partial charge is 0.505 e. The van der Waals surface area contributed by atoms with Gasteiger partial charge in [-0.15, -0.1) is 0 Å². The van der Waals surface area contributed by atoms with Gasteiger partial charge in [-0.05, 0) is 18.9 Å². The van der Waals surface area contributed by atoms with Crippen LogP contribution < -0.4 is 0 Å². The monoisotopic (exact) mass is 240 g/mol. The summed E-state index contributed by atoms with van der Waals surface area (Å²) in [5.74, 6) is 0. The Labute approximate surface area is 109 Å². The Hall–Kier alpha value is -0.460. The fraction of sp³-hybridized carbons (Fsp3) is 0.875. The van der Waals surface area contributed by atoms with Crippen molar-refractivity contribution in [3.05, 3.63) is 12.3 Å². The Balaban J connectivity index is 2.91. The van der Waals surface area contributed by atoms with E-state index in [1.165, 1.54) is 77.0 Å². The van der Waals surface area contributed by atoms with Crippen LogP contribution in [-0.4, -0.2) is 7.11 Å². The highest BCUT2D eigenvalue weighted by Gasteiger charge is 1.92. The van der Waals surface area contributed by atoms with Gasteiger partial charge in [0.25, 0.3) is 0 Å². The quantitative estimate of drug-likeness (QED) is 0.290. The minimum atomic E-state index is 1.17. The molecule has 0 aromatic carbocycles. The SMILES string of the molecule is CCCCCCCCCCCCC/C=C\OC. The number of unbranched alkanes of at least 4 members (excludes halogenated alkanes) is 11. The van der Waals surface area contributed by atoms with Gasteiger partial charge in [0.1, 0.15) is 0 Å². The Bertz CT molecular complexity index is 152. The van der Waals surface area contributed by atoms with Crippen molar-refractivity contribution in [1.29, 1.82) is 0 Å². The molecule has 0 aliphatic carbocycles. The smallest absolute Gasteiger partial charge is 0.0784 e. The van der Waals surface area contributed by atoms with E-state index < -0.39 is 0 Å². The molecule has 0 atom stereocenters. The normalized spacial score (nSPS) is 11.2. The van der Waals surface area contributed by atoms with Crippen molar-refractivity contribution >= 4 is 0 Å². The molecule has 0 unspecified atom stereocenters. The molecule has 0 amide bonds. The second-order valence-electron chi connectivity index (χ2n) is 4.93. The third-order valence-electron chi connectivity index (χ3n) is 3.21. The van der Waals surface area contributed by atoms with Crippen molar-refractivity contribution < 1.29 is 4.74 Å². The highest BCUT2D eigenvalue weighted by atomic mass is 16.5. The molecular weight excluding hydrogens is 208 g/mol. The fourth-order valence-corrected chi connectivity index (χ4v) is 2.09. The molecule has 0 saturated heterocycles. The molecule has 17 heavy (non-hydrogen) atoms. The number of hydrogen-bond donors (Lipinski definition) is 0. The summed E-state index contributed by atoms with van der Waals surface area (Å²) in [5.41, 5.74) is 0. The Morgan fingerprint density at radius 1 is 0.706 bits per heavy atom. The van der Waals surface area contributed by atoms with Crippen LogP contribution >= 0.6 is 0 Å². The third-order valence-corrected chi connectivity index (χ3v) is 3.21. The predicted octanol–water partition coefficient (Wildman–Crippen LogP) is 5.85. The van der Waals surface area contributed by atoms with Gasteiger partial charge in [-0.1, -0.05) is 71.1 Å². The molecule has 0 fully saturated rings. The first-order valence-corrected chi connectivity index (χ1v) is 7.59. The van der Waals surface area contributed by atoms with Crippen molar-refractivity contribution in [3.63, 3.8) is 0 Å². The van der Waals surface area contributed by atoms with Crippen LogP contribution in [0.1, 0.15) is 84.0 Å². The highest BCUT2D eigenvalue weighted by Crippen LogP contribution is 2.11. The summed E-state index contributed by atoms with van der Waals surface area (Å²) in [6.45, 7) is 2.28. The van der Waals surface area contributed by atoms with Crippen LogP contribution in [0.25, 0.3) is 0 Å². The van der Waals surface area contributed by atoms with Crippen LogP contribution in [-0.2, 0) is 4.74 Å². The minimum absolute atomic E-state index is 1.17. The average molecular weight is 240 g/mol. The maximum atomic E-state index is 4.86. The van der Waals surface area contributed by atoms with E-state index in [2.05, 4.69) is 13.0 Å². The molecule has 0 rings (SSSR count). The number of rotatable bonds is 13. The zero-order chi connectivity index (χ0) is 12.6. The van der Waals surface area contributed by atoms with Gasteiger partial charge in [0.05, 0.1) is 13.4 Å². The maximum absolute atomic E-state index is 4.86. The van der Waals surface area contributed by atoms with Gasteiger partial charge in [0, 0.05) is 0 Å². The lowest BCUT2D eigenvalue weighted by atomic mass is 10.1. The van der Waals surface area contributed by atoms with E-state index in [1.54, 1.807) is 13.4 Å². The summed E-state index contributed by atoms with van der Waals surface area (Å²) in [6, 6.07) is 0. The molecule has 0 aromatic rings. The van der Waals surface area contributed by atoms with Crippen LogP contribution in [0.5, 0.6) is 0 Å². The molecule has 1 heteroatoms. The van der Waals surface area contributed by atoms with E-state index in [0.717, 1.165) is 0 Å². The molecule has 0 aliphatic heterocycles. The van der Waals surface area contributed by atoms with Crippen LogP contribution in [0, 0.1) is 0 Å². The van der Waals surface area contributed by atoms with E-state index >= 15 is 0 Å². The third kappa shape index (κ3) is 15.5. The predicted molar refractivity (Wildman–Crippen MR) is 77.2 cm³/mol. The second kappa shape index (κ2) is 15.5. The maximum Gasteiger partial charge on any atom is 0.0784 e. The molecule has 0 aliphatic rings. The Morgan fingerprint density at radius 3 is 1.65 bits per heavy atom. The minimum Gasteiger partial charge on any atom is -0.505 e. The summed E-state index contributed by atoms with van der Waals surface area (Å²) in [5, 5.41) is 0. The van der Waals surface area contributed by atoms with Gasteiger partial charge in [0.15, 0.2) is 0 Å². The topological polar surface area (TPSA) is 9.23 Å². The molecule has 102 valence electrons. The van der Waals surface area contributed by atoms with Crippen molar-refractivity contribution in [2.75, 3.05) is 7.11 Å². The van der Waals surface area contributed by atoms with E-state index in [1.807, 2.05) is 0 Å². The number of ether oxygens (including phenoxy) is 1. The number of methoxy groups -OCH3 is 1. The zero-order valence-corrected chi connectivity index (χ0v) is 12.0. The molecule has 0 radical (unpaired) electrons. The van der Waals surface area contributed by atoms with Crippen molar-refractivity contribution in [1.82, 2.24) is 0 Å². The molecule has 0 heterocycles. The molecule has 0 saturated carbocycles. The zero-order valence-electron chi connectivity index (χ0n) is 12.0. The second-order valence-corrected chi connectivity index (χ2v) is 4.93. The van der Waals surface area contributed by atoms with E-state index in [0.29, 0.717) is 0 Å². The first kappa shape index (κ1) is 16.5. The summed E-state index contributed by atoms with van der Waals surface area (Å²) < 4.78 is 4.86. The standard InChI is InChI=1S/C16H32O/c1-3-4-5-6-7-8-9-10-11-12-13-14-15-16-17-2/h15-16H,3-14H2,1-2H3/b16-15-. The number of allylic oxidation sites excluding steroid dienone is 1. The van der Waals surface area contributed by atoms with Crippen molar-refractivity contribution in [2.45, 2.75) is 84.0 Å². The summed E-state index contributed by atoms with van der Waals surface area (Å²) in [7, 11) is 1.71. The van der Waals surface area contributed by atoms with Gasteiger partial charge >= 0.3 is 0 Å². The first-order valence-electron chi connectivity index (χ1n) is 7.59. The summed E-state index contributed by atoms with van der Waals surface area (Å²) in [6.07, 6.45) is 20.7. The van der Waals surface area contributed by atoms with Crippen molar-refractivity contribution in [3.8, 4) is 0 Å². The van der Waals surface area contributed by atoms with E-state index in [-0.39, 0.29) is 0 Å². The van der Waals surface area contributed by atoms with Crippen LogP contribution in [0.2, 0.25) is 0 Å². The summed E-state index contributed by atoms with van der Waals surface area (Å²) >= 11 is 0. The Morgan fingerprint density at radius 2 is 1.18 bits per heavy atom. The highest BCUT2D eigenvalue weighted by molar-refractivity contribution is 4.72. The van der Waals surface area contributed by atoms with Gasteiger partial charge in [-0.25, -0.2) is 0 Å². The molecule has 1 nitrogen and oxygen atoms in total. The lowest BCUT2D eigenvalue weighted by Gasteiger charge is -2.01. The van der Waals surface area contributed by atoms with Crippen LogP contribution in [0.3, 0.4) is 0 Å². The molecule has 0 bridgehead atoms. The van der Waals surface area contributed by atoms with E-state index in [4.69, 9.17) is 4.74 Å². The lowest BCUT2D eigenvalue weighted by Crippen LogP contribution is -1.82. The Kier molecular flexibility index (Phi) is 15.1. The van der Waals surface area contributed by atoms with Gasteiger partial charge in [0.2, 0.25) is 0 Å². The van der Waals surface area contributed by atoms with Crippen LogP contribution in [0.4, 0.5) is 0 Å². The lowest BCUT2D eigenvalue weighted by molar-refractivity contribution is 0.336. The van der Waals surface area contributed by atoms with Gasteiger partial charge in [-0.2, -0.15) is 0 Å². The van der Waals surface area contributed by atoms with Crippen LogP contribution in [0.15, 0.2) is 12.3 Å².